The minimum absolute atomic E-state index is 0.0217. The number of methoxy groups -OCH3 is 1. The van der Waals surface area contributed by atoms with Gasteiger partial charge < -0.3 is 14.4 Å². The topological polar surface area (TPSA) is 72.9 Å². The SMILES string of the molecule is COC(=O)[C@]1(C)CN(C(=O)OCc2ccccc2)CCC1=O. The van der Waals surface area contributed by atoms with Gasteiger partial charge >= 0.3 is 12.1 Å². The Morgan fingerprint density at radius 2 is 1.95 bits per heavy atom. The van der Waals surface area contributed by atoms with Crippen LogP contribution in [0.15, 0.2) is 30.3 Å². The Labute approximate surface area is 129 Å². The summed E-state index contributed by atoms with van der Waals surface area (Å²) in [4.78, 5) is 37.3. The summed E-state index contributed by atoms with van der Waals surface area (Å²) in [5.74, 6) is -0.843. The number of benzene rings is 1. The van der Waals surface area contributed by atoms with Crippen molar-refractivity contribution in [3.63, 3.8) is 0 Å². The maximum absolute atomic E-state index is 12.1. The molecule has 1 heterocycles. The van der Waals surface area contributed by atoms with Crippen LogP contribution in [-0.2, 0) is 25.7 Å². The highest BCUT2D eigenvalue weighted by Crippen LogP contribution is 2.28. The van der Waals surface area contributed by atoms with Crippen LogP contribution in [0, 0.1) is 5.41 Å². The van der Waals surface area contributed by atoms with Gasteiger partial charge in [0.15, 0.2) is 5.78 Å². The van der Waals surface area contributed by atoms with E-state index in [9.17, 15) is 14.4 Å². The van der Waals surface area contributed by atoms with Crippen molar-refractivity contribution in [1.29, 1.82) is 0 Å². The van der Waals surface area contributed by atoms with Gasteiger partial charge in [0.1, 0.15) is 12.0 Å². The molecule has 0 radical (unpaired) electrons. The van der Waals surface area contributed by atoms with Crippen molar-refractivity contribution in [2.45, 2.75) is 20.0 Å². The lowest BCUT2D eigenvalue weighted by Crippen LogP contribution is -2.54. The highest BCUT2D eigenvalue weighted by atomic mass is 16.6. The molecule has 1 aliphatic rings. The van der Waals surface area contributed by atoms with E-state index in [4.69, 9.17) is 4.74 Å². The molecule has 1 aliphatic heterocycles. The van der Waals surface area contributed by atoms with Gasteiger partial charge in [-0.05, 0) is 12.5 Å². The van der Waals surface area contributed by atoms with E-state index < -0.39 is 17.5 Å². The normalized spacial score (nSPS) is 21.4. The number of esters is 1. The van der Waals surface area contributed by atoms with Gasteiger partial charge in [0, 0.05) is 19.5 Å². The van der Waals surface area contributed by atoms with Crippen molar-refractivity contribution < 1.29 is 23.9 Å². The summed E-state index contributed by atoms with van der Waals surface area (Å²) in [6.07, 6.45) is -0.419. The number of amides is 1. The summed E-state index contributed by atoms with van der Waals surface area (Å²) >= 11 is 0. The van der Waals surface area contributed by atoms with Crippen molar-refractivity contribution >= 4 is 17.8 Å². The molecule has 1 saturated heterocycles. The Hall–Kier alpha value is -2.37. The Morgan fingerprint density at radius 1 is 1.27 bits per heavy atom. The number of nitrogens with zero attached hydrogens (tertiary/aromatic N) is 1. The minimum Gasteiger partial charge on any atom is -0.468 e. The molecule has 1 atom stereocenters. The second kappa shape index (κ2) is 6.60. The monoisotopic (exact) mass is 305 g/mol. The molecule has 1 aromatic rings. The van der Waals surface area contributed by atoms with Crippen LogP contribution in [0.3, 0.4) is 0 Å². The molecule has 0 saturated carbocycles. The average Bonchev–Trinajstić information content (AvgIpc) is 2.55. The van der Waals surface area contributed by atoms with Crippen molar-refractivity contribution in [3.8, 4) is 0 Å². The van der Waals surface area contributed by atoms with Gasteiger partial charge in [-0.3, -0.25) is 9.59 Å². The van der Waals surface area contributed by atoms with E-state index in [-0.39, 0.29) is 31.9 Å². The number of likely N-dealkylation sites (tertiary alicyclic amines) is 1. The smallest absolute Gasteiger partial charge is 0.410 e. The van der Waals surface area contributed by atoms with E-state index in [0.717, 1.165) is 5.56 Å². The van der Waals surface area contributed by atoms with Gasteiger partial charge in [-0.25, -0.2) is 4.79 Å². The van der Waals surface area contributed by atoms with E-state index in [1.54, 1.807) is 0 Å². The van der Waals surface area contributed by atoms with Crippen LogP contribution in [-0.4, -0.2) is 42.9 Å². The Morgan fingerprint density at radius 3 is 2.59 bits per heavy atom. The van der Waals surface area contributed by atoms with Gasteiger partial charge in [-0.2, -0.15) is 0 Å². The number of hydrogen-bond donors (Lipinski definition) is 0. The number of carbonyl (C=O) groups is 3. The highest BCUT2D eigenvalue weighted by Gasteiger charge is 2.47. The molecule has 6 nitrogen and oxygen atoms in total. The van der Waals surface area contributed by atoms with Crippen LogP contribution in [0.4, 0.5) is 4.79 Å². The fourth-order valence-corrected chi connectivity index (χ4v) is 2.43. The third-order valence-electron chi connectivity index (χ3n) is 3.83. The lowest BCUT2D eigenvalue weighted by molar-refractivity contribution is -0.159. The molecule has 2 rings (SSSR count). The van der Waals surface area contributed by atoms with Gasteiger partial charge in [-0.15, -0.1) is 0 Å². The maximum atomic E-state index is 12.1. The van der Waals surface area contributed by atoms with E-state index in [1.165, 1.54) is 18.9 Å². The summed E-state index contributed by atoms with van der Waals surface area (Å²) in [5, 5.41) is 0. The van der Waals surface area contributed by atoms with Crippen molar-refractivity contribution in [1.82, 2.24) is 4.90 Å². The molecule has 0 aliphatic carbocycles. The molecule has 0 unspecified atom stereocenters. The quantitative estimate of drug-likeness (QED) is 0.628. The molecule has 22 heavy (non-hydrogen) atoms. The first kappa shape index (κ1) is 16.0. The molecule has 1 fully saturated rings. The van der Waals surface area contributed by atoms with Crippen LogP contribution in [0.25, 0.3) is 0 Å². The fourth-order valence-electron chi connectivity index (χ4n) is 2.43. The molecule has 0 bridgehead atoms. The standard InChI is InChI=1S/C16H19NO5/c1-16(14(19)21-2)11-17(9-8-13(16)18)15(20)22-10-12-6-4-3-5-7-12/h3-7H,8-11H2,1-2H3/t16-/m1/s1. The van der Waals surface area contributed by atoms with Gasteiger partial charge in [-0.1, -0.05) is 30.3 Å². The van der Waals surface area contributed by atoms with E-state index in [2.05, 4.69) is 4.74 Å². The van der Waals surface area contributed by atoms with E-state index in [0.29, 0.717) is 0 Å². The van der Waals surface area contributed by atoms with Gasteiger partial charge in [0.05, 0.1) is 7.11 Å². The molecular weight excluding hydrogens is 286 g/mol. The molecular formula is C16H19NO5. The van der Waals surface area contributed by atoms with Crippen LogP contribution in [0.2, 0.25) is 0 Å². The zero-order chi connectivity index (χ0) is 16.2. The second-order valence-corrected chi connectivity index (χ2v) is 5.46. The zero-order valence-corrected chi connectivity index (χ0v) is 12.7. The number of ether oxygens (including phenoxy) is 2. The lowest BCUT2D eigenvalue weighted by atomic mass is 9.81. The molecule has 0 spiro atoms. The third-order valence-corrected chi connectivity index (χ3v) is 3.83. The summed E-state index contributed by atoms with van der Waals surface area (Å²) in [7, 11) is 1.23. The second-order valence-electron chi connectivity index (χ2n) is 5.46. The predicted octanol–water partition coefficient (Wildman–Crippen LogP) is 1.78. The fraction of sp³-hybridized carbons (Fsp3) is 0.438. The molecule has 118 valence electrons. The highest BCUT2D eigenvalue weighted by molar-refractivity contribution is 6.04. The van der Waals surface area contributed by atoms with Crippen LogP contribution >= 0.6 is 0 Å². The molecule has 1 aromatic carbocycles. The summed E-state index contributed by atoms with van der Waals surface area (Å²) in [6.45, 7) is 1.88. The number of piperidine rings is 1. The first-order valence-corrected chi connectivity index (χ1v) is 7.04. The number of rotatable bonds is 3. The zero-order valence-electron chi connectivity index (χ0n) is 12.7. The lowest BCUT2D eigenvalue weighted by Gasteiger charge is -2.36. The Kier molecular flexibility index (Phi) is 4.80. The summed E-state index contributed by atoms with van der Waals surface area (Å²) < 4.78 is 9.92. The predicted molar refractivity (Wildman–Crippen MR) is 77.9 cm³/mol. The van der Waals surface area contributed by atoms with Gasteiger partial charge in [0.25, 0.3) is 0 Å². The molecule has 0 aromatic heterocycles. The number of ketones is 1. The minimum atomic E-state index is -1.32. The summed E-state index contributed by atoms with van der Waals surface area (Å²) in [6, 6.07) is 9.30. The van der Waals surface area contributed by atoms with Crippen molar-refractivity contribution in [3.05, 3.63) is 35.9 Å². The van der Waals surface area contributed by atoms with E-state index >= 15 is 0 Å². The largest absolute Gasteiger partial charge is 0.468 e. The molecule has 0 N–H and O–H groups in total. The van der Waals surface area contributed by atoms with Crippen molar-refractivity contribution in [2.24, 2.45) is 5.41 Å². The van der Waals surface area contributed by atoms with Gasteiger partial charge in [0.2, 0.25) is 0 Å². The Balaban J connectivity index is 1.98. The van der Waals surface area contributed by atoms with Crippen LogP contribution in [0.5, 0.6) is 0 Å². The maximum Gasteiger partial charge on any atom is 0.410 e. The Bertz CT molecular complexity index is 561. The first-order valence-electron chi connectivity index (χ1n) is 7.04. The van der Waals surface area contributed by atoms with Crippen LogP contribution in [0.1, 0.15) is 18.9 Å². The average molecular weight is 305 g/mol. The molecule has 6 heteroatoms. The number of hydrogen-bond acceptors (Lipinski definition) is 5. The van der Waals surface area contributed by atoms with Crippen LogP contribution < -0.4 is 0 Å². The van der Waals surface area contributed by atoms with Crippen molar-refractivity contribution in [2.75, 3.05) is 20.2 Å². The molecule has 1 amide bonds. The number of carbonyl (C=O) groups excluding carboxylic acids is 3. The summed E-state index contributed by atoms with van der Waals surface area (Å²) in [5.41, 5.74) is -0.446. The third kappa shape index (κ3) is 3.27. The first-order chi connectivity index (χ1) is 10.5. The number of Topliss-reactive ketones (excluding diaryl/α,β-unsaturated/α-hetero) is 1. The van der Waals surface area contributed by atoms with E-state index in [1.807, 2.05) is 30.3 Å².